The fourth-order valence-corrected chi connectivity index (χ4v) is 1.72. The molecule has 4 unspecified atom stereocenters. The van der Waals surface area contributed by atoms with Crippen LogP contribution in [0.25, 0.3) is 0 Å². The second-order valence-corrected chi connectivity index (χ2v) is 2.72. The minimum absolute atomic E-state index is 0.0382. The first kappa shape index (κ1) is 2.52. The van der Waals surface area contributed by atoms with Gasteiger partial charge in [0.1, 0.15) is 0 Å². The third-order valence-electron chi connectivity index (χ3n) is 2.17. The van der Waals surface area contributed by atoms with Gasteiger partial charge in [-0.1, -0.05) is 25.6 Å². The highest BCUT2D eigenvalue weighted by molar-refractivity contribution is 4.82. The molecule has 0 aromatic heterocycles. The van der Waals surface area contributed by atoms with Crippen LogP contribution in [0.2, 0.25) is 0 Å². The zero-order valence-corrected chi connectivity index (χ0v) is 4.43. The maximum Gasteiger partial charge on any atom is 0.0269 e. The number of rotatable bonds is 0. The summed E-state index contributed by atoms with van der Waals surface area (Å²) in [6.45, 7) is 0. The second-order valence-electron chi connectivity index (χ2n) is 2.72. The van der Waals surface area contributed by atoms with Gasteiger partial charge in [0.15, 0.2) is 0 Å². The summed E-state index contributed by atoms with van der Waals surface area (Å²) < 4.78 is 15.1. The Labute approximate surface area is 47.7 Å². The van der Waals surface area contributed by atoms with E-state index in [1.807, 2.05) is 0 Å². The molecule has 2 fully saturated rings. The van der Waals surface area contributed by atoms with Gasteiger partial charge in [0.2, 0.25) is 0 Å². The minimum atomic E-state index is -0.0382. The third-order valence-corrected chi connectivity index (χ3v) is 2.17. The Balaban J connectivity index is 2.15. The molecule has 2 saturated carbocycles. The number of hydrogen-bond donors (Lipinski definition) is 0. The maximum absolute atomic E-state index is 7.54. The van der Waals surface area contributed by atoms with Crippen LogP contribution in [0.1, 0.15) is 34.8 Å². The minimum Gasteiger partial charge on any atom is -0.0502 e. The Bertz CT molecular complexity index is 106. The van der Waals surface area contributed by atoms with Crippen molar-refractivity contribution >= 4 is 0 Å². The summed E-state index contributed by atoms with van der Waals surface area (Å²) in [7, 11) is 0. The molecule has 7 heavy (non-hydrogen) atoms. The maximum atomic E-state index is 7.54. The molecule has 0 nitrogen and oxygen atoms in total. The van der Waals surface area contributed by atoms with Crippen LogP contribution in [0, 0.1) is 11.8 Å². The van der Waals surface area contributed by atoms with E-state index in [1.54, 1.807) is 0 Å². The first-order chi connectivity index (χ1) is 4.29. The van der Waals surface area contributed by atoms with Crippen LogP contribution in [0.4, 0.5) is 0 Å². The molecule has 2 aliphatic carbocycles. The third kappa shape index (κ3) is 0.490. The Morgan fingerprint density at radius 3 is 2.00 bits per heavy atom. The molecule has 40 valence electrons. The van der Waals surface area contributed by atoms with Gasteiger partial charge in [0.25, 0.3) is 0 Å². The predicted molar refractivity (Wildman–Crippen MR) is 30.1 cm³/mol. The summed E-state index contributed by atoms with van der Waals surface area (Å²) in [6.07, 6.45) is 3.57. The lowest BCUT2D eigenvalue weighted by Crippen LogP contribution is -1.90. The number of fused-ring (bicyclic) bond motifs is 2. The highest BCUT2D eigenvalue weighted by Gasteiger charge is 2.30. The van der Waals surface area contributed by atoms with Gasteiger partial charge in [-0.15, -0.1) is 0 Å². The van der Waals surface area contributed by atoms with E-state index in [0.29, 0.717) is 11.8 Å². The molecule has 0 heterocycles. The monoisotopic (exact) mass is 98.1 g/mol. The van der Waals surface area contributed by atoms with E-state index in [0.717, 1.165) is 0 Å². The largest absolute Gasteiger partial charge is 0.0502 e. The van der Waals surface area contributed by atoms with Crippen LogP contribution < -0.4 is 0 Å². The zero-order valence-electron chi connectivity index (χ0n) is 6.43. The Morgan fingerprint density at radius 1 is 1.14 bits per heavy atom. The molecule has 2 bridgehead atoms. The van der Waals surface area contributed by atoms with Crippen molar-refractivity contribution in [2.75, 3.05) is 0 Å². The lowest BCUT2D eigenvalue weighted by molar-refractivity contribution is 0.480. The topological polar surface area (TPSA) is 0 Å². The van der Waals surface area contributed by atoms with Crippen molar-refractivity contribution in [2.24, 2.45) is 11.8 Å². The van der Waals surface area contributed by atoms with Crippen LogP contribution in [-0.4, -0.2) is 0 Å². The van der Waals surface area contributed by atoms with E-state index in [9.17, 15) is 0 Å². The summed E-state index contributed by atoms with van der Waals surface area (Å²) in [5.74, 6) is 1.19. The van der Waals surface area contributed by atoms with Crippen LogP contribution in [0.3, 0.4) is 0 Å². The van der Waals surface area contributed by atoms with Crippen LogP contribution in [0.5, 0.6) is 0 Å². The van der Waals surface area contributed by atoms with Gasteiger partial charge >= 0.3 is 0 Å². The standard InChI is InChI=1S/C7H12/c1-2-7-4-3-6(1)5-7/h6-7H,1-5H2/i1D,2D. The SMILES string of the molecule is [2H]C1C2CCC(C2)C1[2H]. The molecular formula is C7H12. The summed E-state index contributed by atoms with van der Waals surface area (Å²) >= 11 is 0. The van der Waals surface area contributed by atoms with Crippen molar-refractivity contribution in [1.29, 1.82) is 0 Å². The molecule has 0 amide bonds. The van der Waals surface area contributed by atoms with Gasteiger partial charge in [0.05, 0.1) is 0 Å². The molecule has 0 aromatic carbocycles. The van der Waals surface area contributed by atoms with Crippen LogP contribution >= 0.6 is 0 Å². The van der Waals surface area contributed by atoms with Gasteiger partial charge in [-0.3, -0.25) is 0 Å². The van der Waals surface area contributed by atoms with E-state index < -0.39 is 0 Å². The molecule has 0 spiro atoms. The Kier molecular flexibility index (Phi) is 0.446. The molecular weight excluding hydrogens is 84.1 g/mol. The molecule has 0 aliphatic heterocycles. The molecule has 0 heteroatoms. The van der Waals surface area contributed by atoms with Crippen molar-refractivity contribution in [1.82, 2.24) is 0 Å². The smallest absolute Gasteiger partial charge is 0.0269 e. The molecule has 0 aromatic rings. The molecule has 0 radical (unpaired) electrons. The first-order valence-electron chi connectivity index (χ1n) is 4.29. The number of hydrogen-bond acceptors (Lipinski definition) is 0. The lowest BCUT2D eigenvalue weighted by atomic mass is 10.0. The molecule has 0 N–H and O–H groups in total. The van der Waals surface area contributed by atoms with Crippen molar-refractivity contribution in [3.8, 4) is 0 Å². The summed E-state index contributed by atoms with van der Waals surface area (Å²) in [5.41, 5.74) is 0. The van der Waals surface area contributed by atoms with Gasteiger partial charge < -0.3 is 0 Å². The van der Waals surface area contributed by atoms with Gasteiger partial charge in [-0.2, -0.15) is 0 Å². The predicted octanol–water partition coefficient (Wildman–Crippen LogP) is 2.20. The van der Waals surface area contributed by atoms with Crippen molar-refractivity contribution in [3.63, 3.8) is 0 Å². The van der Waals surface area contributed by atoms with E-state index in [4.69, 9.17) is 2.74 Å². The molecule has 0 saturated heterocycles. The van der Waals surface area contributed by atoms with Crippen molar-refractivity contribution < 1.29 is 2.74 Å². The average molecular weight is 98.2 g/mol. The molecule has 2 aliphatic rings. The first-order valence-corrected chi connectivity index (χ1v) is 3.13. The summed E-state index contributed by atoms with van der Waals surface area (Å²) in [6, 6.07) is 0. The Morgan fingerprint density at radius 2 is 1.71 bits per heavy atom. The normalized spacial score (nSPS) is 73.1. The van der Waals surface area contributed by atoms with Crippen molar-refractivity contribution in [3.05, 3.63) is 0 Å². The van der Waals surface area contributed by atoms with Crippen molar-refractivity contribution in [2.45, 2.75) is 32.1 Å². The fraction of sp³-hybridized carbons (Fsp3) is 1.00. The second kappa shape index (κ2) is 1.24. The van der Waals surface area contributed by atoms with E-state index in [1.165, 1.54) is 19.3 Å². The molecule has 4 atom stereocenters. The Hall–Kier alpha value is 0. The summed E-state index contributed by atoms with van der Waals surface area (Å²) in [4.78, 5) is 0. The van der Waals surface area contributed by atoms with Crippen LogP contribution in [0.15, 0.2) is 0 Å². The van der Waals surface area contributed by atoms with Crippen LogP contribution in [-0.2, 0) is 0 Å². The van der Waals surface area contributed by atoms with E-state index in [2.05, 4.69) is 0 Å². The fourth-order valence-electron chi connectivity index (χ4n) is 1.72. The van der Waals surface area contributed by atoms with Gasteiger partial charge in [0, 0.05) is 2.74 Å². The van der Waals surface area contributed by atoms with E-state index >= 15 is 0 Å². The highest BCUT2D eigenvalue weighted by Crippen LogP contribution is 2.43. The average Bonchev–Trinajstić information content (AvgIpc) is 2.37. The zero-order chi connectivity index (χ0) is 6.43. The lowest BCUT2D eigenvalue weighted by Gasteiger charge is -2.05. The van der Waals surface area contributed by atoms with Gasteiger partial charge in [-0.25, -0.2) is 0 Å². The highest BCUT2D eigenvalue weighted by atomic mass is 14.4. The molecule has 2 rings (SSSR count). The van der Waals surface area contributed by atoms with E-state index in [-0.39, 0.29) is 12.8 Å². The van der Waals surface area contributed by atoms with Gasteiger partial charge in [-0.05, 0) is 18.3 Å². The quantitative estimate of drug-likeness (QED) is 0.435. The summed E-state index contributed by atoms with van der Waals surface area (Å²) in [5, 5.41) is 0.